The number of hydrogen-bond donors (Lipinski definition) is 2. The van der Waals surface area contributed by atoms with Crippen molar-refractivity contribution in [1.82, 2.24) is 10.2 Å². The largest absolute Gasteiger partial charge is 0.506 e. The van der Waals surface area contributed by atoms with Crippen molar-refractivity contribution in [3.8, 4) is 5.75 Å². The molecule has 2 rings (SSSR count). The van der Waals surface area contributed by atoms with E-state index in [1.807, 2.05) is 18.2 Å². The van der Waals surface area contributed by atoms with E-state index in [1.54, 1.807) is 0 Å². The Bertz CT molecular complexity index is 376. The quantitative estimate of drug-likeness (QED) is 0.899. The van der Waals surface area contributed by atoms with Gasteiger partial charge in [-0.1, -0.05) is 12.1 Å². The minimum atomic E-state index is 0.355. The summed E-state index contributed by atoms with van der Waals surface area (Å²) in [7, 11) is 2.16. The second kappa shape index (κ2) is 5.85. The lowest BCUT2D eigenvalue weighted by Gasteiger charge is -2.29. The van der Waals surface area contributed by atoms with E-state index in [-0.39, 0.29) is 0 Å². The molecule has 1 aromatic rings. The molecule has 1 aliphatic rings. The Kier molecular flexibility index (Phi) is 4.42. The van der Waals surface area contributed by atoms with E-state index in [9.17, 15) is 5.11 Å². The van der Waals surface area contributed by atoms with Crippen molar-refractivity contribution < 1.29 is 5.11 Å². The number of nitrogens with zero attached hydrogens (tertiary/aromatic N) is 1. The highest BCUT2D eigenvalue weighted by atomic mass is 79.9. The van der Waals surface area contributed by atoms with Gasteiger partial charge in [0.1, 0.15) is 5.75 Å². The topological polar surface area (TPSA) is 35.5 Å². The van der Waals surface area contributed by atoms with Crippen LogP contribution in [0, 0.1) is 0 Å². The smallest absolute Gasteiger partial charge is 0.134 e. The summed E-state index contributed by atoms with van der Waals surface area (Å²) in [5.74, 6) is 0.355. The molecule has 3 nitrogen and oxygen atoms in total. The van der Waals surface area contributed by atoms with Gasteiger partial charge in [0.15, 0.2) is 0 Å². The van der Waals surface area contributed by atoms with Crippen molar-refractivity contribution in [3.63, 3.8) is 0 Å². The number of aromatic hydroxyl groups is 1. The van der Waals surface area contributed by atoms with E-state index >= 15 is 0 Å². The number of likely N-dealkylation sites (tertiary alicyclic amines) is 1. The molecule has 1 aromatic carbocycles. The highest BCUT2D eigenvalue weighted by Gasteiger charge is 2.16. The van der Waals surface area contributed by atoms with Gasteiger partial charge in [0, 0.05) is 18.2 Å². The molecular formula is C13H19BrN2O. The van der Waals surface area contributed by atoms with Gasteiger partial charge in [-0.25, -0.2) is 0 Å². The molecule has 0 aromatic heterocycles. The average Bonchev–Trinajstić information content (AvgIpc) is 2.33. The third kappa shape index (κ3) is 3.44. The second-order valence-electron chi connectivity index (χ2n) is 4.71. The first-order valence-electron chi connectivity index (χ1n) is 6.05. The van der Waals surface area contributed by atoms with Gasteiger partial charge < -0.3 is 15.3 Å². The summed E-state index contributed by atoms with van der Waals surface area (Å²) in [4.78, 5) is 2.36. The number of benzene rings is 1. The van der Waals surface area contributed by atoms with Crippen molar-refractivity contribution in [3.05, 3.63) is 28.2 Å². The molecule has 0 bridgehead atoms. The van der Waals surface area contributed by atoms with Crippen LogP contribution in [0.15, 0.2) is 22.7 Å². The lowest BCUT2D eigenvalue weighted by molar-refractivity contribution is 0.233. The number of nitrogens with one attached hydrogen (secondary N) is 1. The van der Waals surface area contributed by atoms with Crippen molar-refractivity contribution in [2.45, 2.75) is 25.4 Å². The summed E-state index contributed by atoms with van der Waals surface area (Å²) in [6.07, 6.45) is 2.37. The summed E-state index contributed by atoms with van der Waals surface area (Å²) in [6.45, 7) is 3.05. The molecule has 2 N–H and O–H groups in total. The van der Waals surface area contributed by atoms with Gasteiger partial charge in [-0.15, -0.1) is 0 Å². The van der Waals surface area contributed by atoms with Crippen LogP contribution in [0.5, 0.6) is 5.75 Å². The van der Waals surface area contributed by atoms with Crippen LogP contribution in [-0.4, -0.2) is 36.2 Å². The van der Waals surface area contributed by atoms with E-state index < -0.39 is 0 Å². The van der Waals surface area contributed by atoms with Gasteiger partial charge in [0.25, 0.3) is 0 Å². The predicted molar refractivity (Wildman–Crippen MR) is 73.2 cm³/mol. The molecule has 94 valence electrons. The molecule has 1 saturated heterocycles. The Morgan fingerprint density at radius 3 is 2.82 bits per heavy atom. The zero-order valence-corrected chi connectivity index (χ0v) is 11.7. The van der Waals surface area contributed by atoms with Crippen molar-refractivity contribution in [1.29, 1.82) is 0 Å². The van der Waals surface area contributed by atoms with Crippen molar-refractivity contribution in [2.75, 3.05) is 20.1 Å². The molecule has 0 spiro atoms. The van der Waals surface area contributed by atoms with E-state index in [1.165, 1.54) is 12.8 Å². The molecule has 0 saturated carbocycles. The number of piperidine rings is 1. The zero-order chi connectivity index (χ0) is 12.3. The first kappa shape index (κ1) is 12.9. The fourth-order valence-electron chi connectivity index (χ4n) is 2.17. The Balaban J connectivity index is 1.87. The van der Waals surface area contributed by atoms with Crippen LogP contribution in [-0.2, 0) is 6.54 Å². The summed E-state index contributed by atoms with van der Waals surface area (Å²) < 4.78 is 0.764. The molecule has 0 amide bonds. The number of rotatable bonds is 3. The number of phenols is 1. The van der Waals surface area contributed by atoms with Crippen molar-refractivity contribution >= 4 is 15.9 Å². The average molecular weight is 299 g/mol. The number of hydrogen-bond acceptors (Lipinski definition) is 3. The third-order valence-corrected chi connectivity index (χ3v) is 4.01. The summed E-state index contributed by atoms with van der Waals surface area (Å²) in [6, 6.07) is 6.34. The molecule has 17 heavy (non-hydrogen) atoms. The molecule has 0 atom stereocenters. The predicted octanol–water partition coefficient (Wildman–Crippen LogP) is 2.34. The van der Waals surface area contributed by atoms with E-state index in [0.717, 1.165) is 29.7 Å². The maximum atomic E-state index is 9.87. The molecule has 4 heteroatoms. The van der Waals surface area contributed by atoms with Crippen LogP contribution in [0.3, 0.4) is 0 Å². The molecule has 0 aliphatic carbocycles. The van der Waals surface area contributed by atoms with Gasteiger partial charge in [0.05, 0.1) is 4.47 Å². The van der Waals surface area contributed by atoms with Crippen LogP contribution in [0.1, 0.15) is 18.4 Å². The zero-order valence-electron chi connectivity index (χ0n) is 10.1. The molecule has 1 fully saturated rings. The molecular weight excluding hydrogens is 280 g/mol. The SMILES string of the molecule is CN1CCC(NCc2cccc(Br)c2O)CC1. The van der Waals surface area contributed by atoms with Gasteiger partial charge in [-0.2, -0.15) is 0 Å². The molecule has 1 aliphatic heterocycles. The minimum Gasteiger partial charge on any atom is -0.506 e. The van der Waals surface area contributed by atoms with Crippen LogP contribution >= 0.6 is 15.9 Å². The van der Waals surface area contributed by atoms with Gasteiger partial charge in [-0.05, 0) is 55.0 Å². The monoisotopic (exact) mass is 298 g/mol. The summed E-state index contributed by atoms with van der Waals surface area (Å²) >= 11 is 3.34. The molecule has 0 unspecified atom stereocenters. The first-order chi connectivity index (χ1) is 8.16. The Labute approximate surface area is 111 Å². The van der Waals surface area contributed by atoms with E-state index in [4.69, 9.17) is 0 Å². The Morgan fingerprint density at radius 2 is 2.12 bits per heavy atom. The van der Waals surface area contributed by atoms with Gasteiger partial charge >= 0.3 is 0 Å². The standard InChI is InChI=1S/C13H19BrN2O/c1-16-7-5-11(6-8-16)15-9-10-3-2-4-12(14)13(10)17/h2-4,11,15,17H,5-9H2,1H3. The fourth-order valence-corrected chi connectivity index (χ4v) is 2.58. The van der Waals surface area contributed by atoms with Crippen LogP contribution in [0.4, 0.5) is 0 Å². The summed E-state index contributed by atoms with van der Waals surface area (Å²) in [5.41, 5.74) is 0.957. The minimum absolute atomic E-state index is 0.355. The van der Waals surface area contributed by atoms with E-state index in [0.29, 0.717) is 11.8 Å². The Morgan fingerprint density at radius 1 is 1.41 bits per heavy atom. The normalized spacial score (nSPS) is 18.5. The van der Waals surface area contributed by atoms with Gasteiger partial charge in [-0.3, -0.25) is 0 Å². The van der Waals surface area contributed by atoms with Crippen LogP contribution < -0.4 is 5.32 Å². The highest BCUT2D eigenvalue weighted by molar-refractivity contribution is 9.10. The van der Waals surface area contributed by atoms with Crippen LogP contribution in [0.2, 0.25) is 0 Å². The van der Waals surface area contributed by atoms with Crippen molar-refractivity contribution in [2.24, 2.45) is 0 Å². The Hall–Kier alpha value is -0.580. The lowest BCUT2D eigenvalue weighted by Crippen LogP contribution is -2.40. The number of phenolic OH excluding ortho intramolecular Hbond substituents is 1. The maximum Gasteiger partial charge on any atom is 0.134 e. The highest BCUT2D eigenvalue weighted by Crippen LogP contribution is 2.27. The van der Waals surface area contributed by atoms with E-state index in [2.05, 4.69) is 33.2 Å². The fraction of sp³-hybridized carbons (Fsp3) is 0.538. The summed E-state index contributed by atoms with van der Waals surface area (Å²) in [5, 5.41) is 13.4. The molecule has 0 radical (unpaired) electrons. The lowest BCUT2D eigenvalue weighted by atomic mass is 10.1. The number of halogens is 1. The third-order valence-electron chi connectivity index (χ3n) is 3.37. The molecule has 1 heterocycles. The number of para-hydroxylation sites is 1. The first-order valence-corrected chi connectivity index (χ1v) is 6.84. The van der Waals surface area contributed by atoms with Gasteiger partial charge in [0.2, 0.25) is 0 Å². The van der Waals surface area contributed by atoms with Crippen LogP contribution in [0.25, 0.3) is 0 Å². The second-order valence-corrected chi connectivity index (χ2v) is 5.56. The maximum absolute atomic E-state index is 9.87.